The highest BCUT2D eigenvalue weighted by Crippen LogP contribution is 2.15. The first-order chi connectivity index (χ1) is 7.78. The molecule has 1 fully saturated rings. The molecule has 0 spiro atoms. The lowest BCUT2D eigenvalue weighted by Gasteiger charge is -2.11. The van der Waals surface area contributed by atoms with Gasteiger partial charge >= 0.3 is 0 Å². The average Bonchev–Trinajstić information content (AvgIpc) is 2.78. The molecule has 1 aromatic rings. The second-order valence-electron chi connectivity index (χ2n) is 3.86. The number of hydrogen-bond donors (Lipinski definition) is 1. The minimum absolute atomic E-state index is 0.332. The summed E-state index contributed by atoms with van der Waals surface area (Å²) in [5.41, 5.74) is 0. The summed E-state index contributed by atoms with van der Waals surface area (Å²) in [4.78, 5) is 8.67. The van der Waals surface area contributed by atoms with Crippen LogP contribution in [0.3, 0.4) is 0 Å². The molecule has 5 heteroatoms. The molecule has 2 heterocycles. The Labute approximate surface area is 104 Å². The number of nitrogens with zero attached hydrogens (tertiary/aromatic N) is 2. The van der Waals surface area contributed by atoms with Gasteiger partial charge in [-0.3, -0.25) is 0 Å². The molecule has 1 aliphatic rings. The van der Waals surface area contributed by atoms with Crippen LogP contribution in [0.1, 0.15) is 25.6 Å². The first kappa shape index (κ1) is 11.8. The fourth-order valence-electron chi connectivity index (χ4n) is 1.74. The zero-order valence-electron chi connectivity index (χ0n) is 9.37. The van der Waals surface area contributed by atoms with Crippen LogP contribution in [0.4, 0.5) is 5.82 Å². The molecule has 1 unspecified atom stereocenters. The number of halogens is 1. The number of anilines is 1. The minimum Gasteiger partial charge on any atom is -0.376 e. The summed E-state index contributed by atoms with van der Waals surface area (Å²) >= 11 is 3.38. The Morgan fingerprint density at radius 2 is 2.44 bits per heavy atom. The van der Waals surface area contributed by atoms with Crippen LogP contribution in [0.2, 0.25) is 0 Å². The van der Waals surface area contributed by atoms with Gasteiger partial charge in [-0.15, -0.1) is 0 Å². The van der Waals surface area contributed by atoms with Gasteiger partial charge in [0.05, 0.1) is 6.10 Å². The van der Waals surface area contributed by atoms with Crippen LogP contribution in [0.5, 0.6) is 0 Å². The van der Waals surface area contributed by atoms with E-state index >= 15 is 0 Å². The van der Waals surface area contributed by atoms with Gasteiger partial charge in [-0.25, -0.2) is 9.97 Å². The van der Waals surface area contributed by atoms with Crippen molar-refractivity contribution in [1.29, 1.82) is 0 Å². The molecule has 1 saturated heterocycles. The van der Waals surface area contributed by atoms with Crippen LogP contribution in [-0.4, -0.2) is 29.2 Å². The van der Waals surface area contributed by atoms with E-state index in [1.165, 1.54) is 6.42 Å². The van der Waals surface area contributed by atoms with Gasteiger partial charge in [-0.2, -0.15) is 0 Å². The van der Waals surface area contributed by atoms with Crippen LogP contribution in [0, 0.1) is 0 Å². The largest absolute Gasteiger partial charge is 0.376 e. The Morgan fingerprint density at radius 1 is 1.56 bits per heavy atom. The lowest BCUT2D eigenvalue weighted by Crippen LogP contribution is -2.19. The predicted octanol–water partition coefficient (Wildman–Crippen LogP) is 2.39. The molecule has 0 amide bonds. The Bertz CT molecular complexity index is 353. The summed E-state index contributed by atoms with van der Waals surface area (Å²) in [6, 6.07) is 1.90. The maximum absolute atomic E-state index is 5.54. The molecule has 0 aromatic carbocycles. The molecule has 1 N–H and O–H groups in total. The van der Waals surface area contributed by atoms with Gasteiger partial charge in [0.25, 0.3) is 0 Å². The molecule has 0 saturated carbocycles. The van der Waals surface area contributed by atoms with E-state index in [1.54, 1.807) is 0 Å². The zero-order valence-corrected chi connectivity index (χ0v) is 11.0. The maximum Gasteiger partial charge on any atom is 0.131 e. The van der Waals surface area contributed by atoms with Crippen molar-refractivity contribution in [2.24, 2.45) is 0 Å². The second-order valence-corrected chi connectivity index (χ2v) is 4.67. The van der Waals surface area contributed by atoms with Crippen LogP contribution in [0.15, 0.2) is 10.7 Å². The molecule has 2 rings (SSSR count). The van der Waals surface area contributed by atoms with Crippen LogP contribution in [0.25, 0.3) is 0 Å². The van der Waals surface area contributed by atoms with Crippen molar-refractivity contribution < 1.29 is 4.74 Å². The highest BCUT2D eigenvalue weighted by atomic mass is 79.9. The van der Waals surface area contributed by atoms with Crippen LogP contribution in [-0.2, 0) is 11.2 Å². The van der Waals surface area contributed by atoms with Crippen molar-refractivity contribution in [2.45, 2.75) is 32.3 Å². The maximum atomic E-state index is 5.54. The monoisotopic (exact) mass is 285 g/mol. The molecule has 0 aliphatic carbocycles. The van der Waals surface area contributed by atoms with E-state index in [9.17, 15) is 0 Å². The van der Waals surface area contributed by atoms with Crippen LogP contribution < -0.4 is 5.32 Å². The fraction of sp³-hybridized carbons (Fsp3) is 0.636. The fourth-order valence-corrected chi connectivity index (χ4v) is 2.16. The number of rotatable bonds is 4. The minimum atomic E-state index is 0.332. The quantitative estimate of drug-likeness (QED) is 0.863. The summed E-state index contributed by atoms with van der Waals surface area (Å²) in [5, 5.41) is 3.30. The van der Waals surface area contributed by atoms with Gasteiger partial charge < -0.3 is 10.1 Å². The molecular weight excluding hydrogens is 270 g/mol. The number of aromatic nitrogens is 2. The van der Waals surface area contributed by atoms with E-state index in [0.29, 0.717) is 6.10 Å². The van der Waals surface area contributed by atoms with Gasteiger partial charge in [0.1, 0.15) is 16.2 Å². The van der Waals surface area contributed by atoms with Gasteiger partial charge in [0.15, 0.2) is 0 Å². The molecule has 1 aromatic heterocycles. The summed E-state index contributed by atoms with van der Waals surface area (Å²) in [6.07, 6.45) is 3.48. The Kier molecular flexibility index (Phi) is 4.12. The third-order valence-electron chi connectivity index (χ3n) is 2.59. The third kappa shape index (κ3) is 3.15. The van der Waals surface area contributed by atoms with Gasteiger partial charge in [0.2, 0.25) is 0 Å². The first-order valence-electron chi connectivity index (χ1n) is 5.67. The highest BCUT2D eigenvalue weighted by molar-refractivity contribution is 9.10. The normalized spacial score (nSPS) is 20.0. The van der Waals surface area contributed by atoms with Gasteiger partial charge in [0, 0.05) is 25.6 Å². The second kappa shape index (κ2) is 5.59. The van der Waals surface area contributed by atoms with E-state index in [-0.39, 0.29) is 0 Å². The molecule has 0 radical (unpaired) electrons. The van der Waals surface area contributed by atoms with E-state index in [0.717, 1.165) is 42.2 Å². The van der Waals surface area contributed by atoms with Crippen molar-refractivity contribution in [3.05, 3.63) is 16.5 Å². The van der Waals surface area contributed by atoms with E-state index in [1.807, 2.05) is 13.0 Å². The smallest absolute Gasteiger partial charge is 0.131 e. The standard InChI is InChI=1S/C11H16BrN3O/c1-2-10-14-9(12)6-11(15-10)13-7-8-4-3-5-16-8/h6,8H,2-5,7H2,1H3,(H,13,14,15). The Morgan fingerprint density at radius 3 is 3.12 bits per heavy atom. The topological polar surface area (TPSA) is 47.0 Å². The van der Waals surface area contributed by atoms with Crippen molar-refractivity contribution in [1.82, 2.24) is 9.97 Å². The molecule has 0 bridgehead atoms. The Hall–Kier alpha value is -0.680. The van der Waals surface area contributed by atoms with Crippen molar-refractivity contribution in [2.75, 3.05) is 18.5 Å². The van der Waals surface area contributed by atoms with E-state index < -0.39 is 0 Å². The lowest BCUT2D eigenvalue weighted by molar-refractivity contribution is 0.120. The number of ether oxygens (including phenoxy) is 1. The Balaban J connectivity index is 1.94. The van der Waals surface area contributed by atoms with Gasteiger partial charge in [-0.1, -0.05) is 6.92 Å². The summed E-state index contributed by atoms with van der Waals surface area (Å²) in [7, 11) is 0. The average molecular weight is 286 g/mol. The molecular formula is C11H16BrN3O. The van der Waals surface area contributed by atoms with Gasteiger partial charge in [-0.05, 0) is 28.8 Å². The third-order valence-corrected chi connectivity index (χ3v) is 3.00. The molecule has 16 heavy (non-hydrogen) atoms. The first-order valence-corrected chi connectivity index (χ1v) is 6.46. The van der Waals surface area contributed by atoms with Crippen molar-refractivity contribution >= 4 is 21.7 Å². The summed E-state index contributed by atoms with van der Waals surface area (Å²) in [5.74, 6) is 1.72. The molecule has 1 atom stereocenters. The lowest BCUT2D eigenvalue weighted by atomic mass is 10.2. The van der Waals surface area contributed by atoms with Crippen molar-refractivity contribution in [3.63, 3.8) is 0 Å². The molecule has 4 nitrogen and oxygen atoms in total. The highest BCUT2D eigenvalue weighted by Gasteiger charge is 2.15. The number of hydrogen-bond acceptors (Lipinski definition) is 4. The van der Waals surface area contributed by atoms with E-state index in [2.05, 4.69) is 31.2 Å². The van der Waals surface area contributed by atoms with Crippen molar-refractivity contribution in [3.8, 4) is 0 Å². The summed E-state index contributed by atoms with van der Waals surface area (Å²) in [6.45, 7) is 3.76. The van der Waals surface area contributed by atoms with Crippen LogP contribution >= 0.6 is 15.9 Å². The summed E-state index contributed by atoms with van der Waals surface area (Å²) < 4.78 is 6.37. The van der Waals surface area contributed by atoms with E-state index in [4.69, 9.17) is 4.74 Å². The predicted molar refractivity (Wildman–Crippen MR) is 66.6 cm³/mol. The molecule has 88 valence electrons. The SMILES string of the molecule is CCc1nc(Br)cc(NCC2CCCO2)n1. The number of nitrogens with one attached hydrogen (secondary N) is 1. The zero-order chi connectivity index (χ0) is 11.4. The number of aryl methyl sites for hydroxylation is 1. The molecule has 1 aliphatic heterocycles.